The molecule has 206 valence electrons. The standard InChI is InChI=1S/C31H52O5/c1-20(19-34-7)9-16-31(33)25(32)30(6)24(36-31)18-29(5)27(3)14-10-21-17-22(35-8)11-13-26(21,2)23(27)12-15-28(29,30)4/h10,20,22-25,32-33H,9,11-19H2,1-8H3/t20?,22-,23?,24-,25-,26?,27?,28-,29-,30+,31?/m0/s1. The van der Waals surface area contributed by atoms with Gasteiger partial charge >= 0.3 is 0 Å². The van der Waals surface area contributed by atoms with Crippen molar-refractivity contribution in [1.82, 2.24) is 0 Å². The van der Waals surface area contributed by atoms with Gasteiger partial charge in [0.15, 0.2) is 5.79 Å². The second-order valence-corrected chi connectivity index (χ2v) is 14.6. The Morgan fingerprint density at radius 3 is 2.47 bits per heavy atom. The van der Waals surface area contributed by atoms with E-state index in [2.05, 4.69) is 47.6 Å². The van der Waals surface area contributed by atoms with E-state index in [4.69, 9.17) is 14.2 Å². The summed E-state index contributed by atoms with van der Waals surface area (Å²) >= 11 is 0. The molecule has 0 bridgehead atoms. The first-order valence-electron chi connectivity index (χ1n) is 14.6. The van der Waals surface area contributed by atoms with Crippen LogP contribution in [0.4, 0.5) is 0 Å². The van der Waals surface area contributed by atoms with Crippen molar-refractivity contribution in [3.05, 3.63) is 11.6 Å². The van der Waals surface area contributed by atoms with Gasteiger partial charge in [0.25, 0.3) is 0 Å². The first-order chi connectivity index (χ1) is 16.8. The molecule has 5 aliphatic rings. The van der Waals surface area contributed by atoms with Gasteiger partial charge in [0, 0.05) is 32.7 Å². The molecule has 4 fully saturated rings. The smallest absolute Gasteiger partial charge is 0.192 e. The fraction of sp³-hybridized carbons (Fsp3) is 0.935. The van der Waals surface area contributed by atoms with Crippen LogP contribution in [0.15, 0.2) is 11.6 Å². The largest absolute Gasteiger partial charge is 0.387 e. The number of rotatable bonds is 6. The Kier molecular flexibility index (Phi) is 6.42. The summed E-state index contributed by atoms with van der Waals surface area (Å²) in [5.41, 5.74) is 1.38. The molecule has 5 rings (SSSR count). The highest BCUT2D eigenvalue weighted by molar-refractivity contribution is 5.33. The molecular weight excluding hydrogens is 452 g/mol. The number of aliphatic hydroxyl groups excluding tert-OH is 1. The third-order valence-corrected chi connectivity index (χ3v) is 13.5. The zero-order chi connectivity index (χ0) is 26.4. The van der Waals surface area contributed by atoms with Gasteiger partial charge in [-0.15, -0.1) is 0 Å². The van der Waals surface area contributed by atoms with Crippen molar-refractivity contribution in [3.8, 4) is 0 Å². The van der Waals surface area contributed by atoms with Crippen molar-refractivity contribution >= 4 is 0 Å². The molecule has 0 amide bonds. The molecule has 0 aromatic heterocycles. The second-order valence-electron chi connectivity index (χ2n) is 14.6. The van der Waals surface area contributed by atoms with Crippen LogP contribution in [0.5, 0.6) is 0 Å². The van der Waals surface area contributed by atoms with E-state index in [-0.39, 0.29) is 27.8 Å². The van der Waals surface area contributed by atoms with Crippen LogP contribution in [0.1, 0.15) is 99.3 Å². The zero-order valence-corrected chi connectivity index (χ0v) is 24.2. The van der Waals surface area contributed by atoms with E-state index in [1.165, 1.54) is 12.8 Å². The van der Waals surface area contributed by atoms with Gasteiger partial charge in [0.2, 0.25) is 0 Å². The topological polar surface area (TPSA) is 68.2 Å². The van der Waals surface area contributed by atoms with Crippen LogP contribution in [-0.2, 0) is 14.2 Å². The van der Waals surface area contributed by atoms with Crippen molar-refractivity contribution in [1.29, 1.82) is 0 Å². The van der Waals surface area contributed by atoms with Crippen LogP contribution in [-0.4, -0.2) is 55.1 Å². The summed E-state index contributed by atoms with van der Waals surface area (Å²) in [6, 6.07) is 0. The van der Waals surface area contributed by atoms with Gasteiger partial charge in [-0.25, -0.2) is 0 Å². The quantitative estimate of drug-likeness (QED) is 0.443. The maximum Gasteiger partial charge on any atom is 0.192 e. The minimum atomic E-state index is -1.48. The Morgan fingerprint density at radius 2 is 1.81 bits per heavy atom. The average Bonchev–Trinajstić information content (AvgIpc) is 3.13. The lowest BCUT2D eigenvalue weighted by Gasteiger charge is -2.69. The molecule has 3 saturated carbocycles. The highest BCUT2D eigenvalue weighted by Gasteiger charge is 2.80. The van der Waals surface area contributed by atoms with Gasteiger partial charge in [-0.3, -0.25) is 0 Å². The second kappa shape index (κ2) is 8.52. The summed E-state index contributed by atoms with van der Waals surface area (Å²) in [5, 5.41) is 23.5. The van der Waals surface area contributed by atoms with E-state index in [9.17, 15) is 10.2 Å². The Labute approximate surface area is 219 Å². The summed E-state index contributed by atoms with van der Waals surface area (Å²) in [5.74, 6) is -0.544. The van der Waals surface area contributed by atoms with E-state index in [0.29, 0.717) is 31.0 Å². The predicted molar refractivity (Wildman–Crippen MR) is 141 cm³/mol. The Morgan fingerprint density at radius 1 is 1.08 bits per heavy atom. The molecule has 5 heteroatoms. The zero-order valence-electron chi connectivity index (χ0n) is 24.2. The molecule has 11 atom stereocenters. The molecule has 0 aromatic rings. The van der Waals surface area contributed by atoms with Gasteiger partial charge in [0.05, 0.1) is 12.2 Å². The molecule has 1 saturated heterocycles. The lowest BCUT2D eigenvalue weighted by molar-refractivity contribution is -0.258. The number of hydrogen-bond acceptors (Lipinski definition) is 5. The SMILES string of the molecule is COCC(C)CCC1(O)O[C@H]2C[C@@]3(C)C4(C)CC=C5C[C@@H](OC)CCC5(C)C4CC[C@]3(C)[C@@]2(C)[C@@H]1O. The minimum absolute atomic E-state index is 0.0110. The molecule has 0 radical (unpaired) electrons. The highest BCUT2D eigenvalue weighted by Crippen LogP contribution is 2.81. The predicted octanol–water partition coefficient (Wildman–Crippen LogP) is 5.87. The molecule has 0 spiro atoms. The first-order valence-corrected chi connectivity index (χ1v) is 14.6. The van der Waals surface area contributed by atoms with Gasteiger partial charge in [-0.1, -0.05) is 53.2 Å². The maximum absolute atomic E-state index is 11.9. The number of aliphatic hydroxyl groups is 2. The van der Waals surface area contributed by atoms with E-state index >= 15 is 0 Å². The van der Waals surface area contributed by atoms with Crippen molar-refractivity contribution < 1.29 is 24.4 Å². The third kappa shape index (κ3) is 3.19. The van der Waals surface area contributed by atoms with Gasteiger partial charge in [-0.05, 0) is 84.9 Å². The normalized spacial score (nSPS) is 54.8. The highest BCUT2D eigenvalue weighted by atomic mass is 16.7. The Bertz CT molecular complexity index is 903. The summed E-state index contributed by atoms with van der Waals surface area (Å²) < 4.78 is 17.6. The minimum Gasteiger partial charge on any atom is -0.387 e. The average molecular weight is 505 g/mol. The van der Waals surface area contributed by atoms with Crippen molar-refractivity contribution in [2.24, 2.45) is 38.9 Å². The van der Waals surface area contributed by atoms with Crippen molar-refractivity contribution in [3.63, 3.8) is 0 Å². The lowest BCUT2D eigenvalue weighted by Crippen LogP contribution is -2.64. The third-order valence-electron chi connectivity index (χ3n) is 13.5. The number of allylic oxidation sites excluding steroid dienone is 1. The fourth-order valence-corrected chi connectivity index (χ4v) is 10.6. The molecular formula is C31H52O5. The first kappa shape index (κ1) is 27.1. The summed E-state index contributed by atoms with van der Waals surface area (Å²) in [7, 11) is 3.57. The van der Waals surface area contributed by atoms with E-state index in [0.717, 1.165) is 38.5 Å². The van der Waals surface area contributed by atoms with Gasteiger partial charge in [0.1, 0.15) is 6.10 Å². The molecule has 0 aromatic carbocycles. The van der Waals surface area contributed by atoms with Gasteiger partial charge < -0.3 is 24.4 Å². The maximum atomic E-state index is 11.9. The molecule has 2 N–H and O–H groups in total. The molecule has 5 unspecified atom stereocenters. The Hall–Kier alpha value is -0.460. The lowest BCUT2D eigenvalue weighted by atomic mass is 9.35. The van der Waals surface area contributed by atoms with Crippen LogP contribution in [0.2, 0.25) is 0 Å². The van der Waals surface area contributed by atoms with Crippen LogP contribution in [0, 0.1) is 38.9 Å². The molecule has 1 heterocycles. The van der Waals surface area contributed by atoms with Gasteiger partial charge in [-0.2, -0.15) is 0 Å². The molecule has 4 aliphatic carbocycles. The Balaban J connectivity index is 1.47. The monoisotopic (exact) mass is 504 g/mol. The van der Waals surface area contributed by atoms with Crippen LogP contribution < -0.4 is 0 Å². The molecule has 36 heavy (non-hydrogen) atoms. The van der Waals surface area contributed by atoms with Crippen LogP contribution in [0.3, 0.4) is 0 Å². The summed E-state index contributed by atoms with van der Waals surface area (Å²) in [4.78, 5) is 0. The number of fused-ring (bicyclic) bond motifs is 7. The molecule has 5 nitrogen and oxygen atoms in total. The summed E-state index contributed by atoms with van der Waals surface area (Å²) in [6.45, 7) is 15.0. The van der Waals surface area contributed by atoms with Crippen LogP contribution >= 0.6 is 0 Å². The van der Waals surface area contributed by atoms with Crippen molar-refractivity contribution in [2.75, 3.05) is 20.8 Å². The van der Waals surface area contributed by atoms with Crippen molar-refractivity contribution in [2.45, 2.75) is 123 Å². The van der Waals surface area contributed by atoms with Crippen LogP contribution in [0.25, 0.3) is 0 Å². The fourth-order valence-electron chi connectivity index (χ4n) is 10.6. The number of methoxy groups -OCH3 is 2. The van der Waals surface area contributed by atoms with E-state index in [1.54, 1.807) is 12.7 Å². The molecule has 1 aliphatic heterocycles. The number of hydrogen-bond donors (Lipinski definition) is 2. The summed E-state index contributed by atoms with van der Waals surface area (Å²) in [6.07, 6.45) is 10.8. The van der Waals surface area contributed by atoms with E-state index in [1.807, 2.05) is 7.11 Å². The number of ether oxygens (including phenoxy) is 3. The van der Waals surface area contributed by atoms with E-state index < -0.39 is 17.3 Å².